The summed E-state index contributed by atoms with van der Waals surface area (Å²) in [5.41, 5.74) is 0. The first-order valence-corrected chi connectivity index (χ1v) is 29.8. The summed E-state index contributed by atoms with van der Waals surface area (Å²) in [6.45, 7) is 28.4. The first kappa shape index (κ1) is 75.8. The summed E-state index contributed by atoms with van der Waals surface area (Å²) in [7, 11) is 8.08. The molecular weight excluding hydrogens is 1080 g/mol. The van der Waals surface area contributed by atoms with E-state index in [0.717, 1.165) is 14.7 Å². The van der Waals surface area contributed by atoms with Gasteiger partial charge in [0.2, 0.25) is 65.0 Å². The second kappa shape index (κ2) is 34.1. The molecule has 0 saturated carbocycles. The minimum atomic E-state index is -1.75. The predicted octanol–water partition coefficient (Wildman–Crippen LogP) is 1.65. The Labute approximate surface area is 500 Å². The van der Waals surface area contributed by atoms with E-state index in [0.29, 0.717) is 0 Å². The second-order valence-corrected chi connectivity index (χ2v) is 25.3. The van der Waals surface area contributed by atoms with Crippen LogP contribution in [0.3, 0.4) is 0 Å². The topological polar surface area (TPSA) is 308 Å². The average Bonchev–Trinajstić information content (AvgIpc) is 2.46. The number of aliphatic hydroxyl groups excluding tert-OH is 2. The number of rotatable bonds is 14. The van der Waals surface area contributed by atoms with Crippen LogP contribution in [0.15, 0.2) is 12.2 Å². The highest BCUT2D eigenvalue weighted by Gasteiger charge is 2.45. The zero-order chi connectivity index (χ0) is 65.3. The summed E-state index contributed by atoms with van der Waals surface area (Å²) in [6, 6.07) is -14.6. The van der Waals surface area contributed by atoms with E-state index in [9.17, 15) is 58.2 Å². The molecule has 1 heterocycles. The highest BCUT2D eigenvalue weighted by Crippen LogP contribution is 2.24. The normalized spacial score (nSPS) is 28.2. The number of hydrogen-bond acceptors (Lipinski definition) is 13. The Hall–Kier alpha value is -6.17. The van der Waals surface area contributed by atoms with E-state index in [4.69, 9.17) is 0 Å². The lowest BCUT2D eigenvalue weighted by Gasteiger charge is -2.40. The molecule has 1 saturated heterocycles. The Kier molecular flexibility index (Phi) is 30.8. The molecule has 11 amide bonds. The lowest BCUT2D eigenvalue weighted by molar-refractivity contribution is -0.155. The van der Waals surface area contributed by atoms with E-state index < -0.39 is 155 Å². The van der Waals surface area contributed by atoms with E-state index in [1.54, 1.807) is 39.8 Å². The SMILES string of the molecule is C/C=C/C[C@@H](C)[C@@H](O)[C@H]1C(=O)N[C@@H]([C@@H](C)O)C(=O)N(C)[C@@H](C)C(=O)N(C)[C@@H](C)C(=O)N[C@@H](CC(C)C)C(=O)N(C)[C@@H](CC(C)C)C(=O)N[C@@H](C)C(=O)N[C@H](C)C(=O)N(C)[C@@H](CC(C)C)C(=O)N[C@@H](CC(C)C)C(=O)N(C)[C@@H](C(C)C)C(=O)N1C. The maximum atomic E-state index is 15.0. The fourth-order valence-electron chi connectivity index (χ4n) is 10.2. The van der Waals surface area contributed by atoms with Crippen LogP contribution in [0.5, 0.6) is 0 Å². The number of nitrogens with zero attached hydrogens (tertiary/aromatic N) is 6. The minimum Gasteiger partial charge on any atom is -0.391 e. The zero-order valence-electron chi connectivity index (χ0n) is 54.7. The number of likely N-dealkylation sites (N-methyl/N-ethyl adjacent to an activating group) is 6. The molecule has 0 bridgehead atoms. The smallest absolute Gasteiger partial charge is 0.248 e. The molecule has 0 aromatic heterocycles. The standard InChI is InChI=1S/C60H107N11O13/c1-24-25-26-36(12)49(73)48-54(78)65-46(41(17)72)59(83)67(19)40(16)56(80)66(18)39(15)51(75)63-42(27-31(2)3)57(81)69(21)44(29-33(6)7)52(76)61-37(13)50(74)62-38(14)55(79)68(20)45(30-34(8)9)53(77)64-43(28-32(4)5)58(82)70(22)47(35(10)11)60(84)71(48)23/h24-25,31-49,72-73H,26-30H2,1-23H3,(H,61,76)(H,62,74)(H,63,75)(H,64,77)(H,65,78)/b25-24+/t36-,37+,38-,39+,40+,41-,42+,43+,44+,45+,46+,47+,48+,49-/m1/s1. The van der Waals surface area contributed by atoms with Crippen LogP contribution >= 0.6 is 0 Å². The van der Waals surface area contributed by atoms with Crippen molar-refractivity contribution < 1.29 is 63.0 Å². The molecule has 1 aliphatic rings. The van der Waals surface area contributed by atoms with Crippen LogP contribution in [0.2, 0.25) is 0 Å². The van der Waals surface area contributed by atoms with Crippen molar-refractivity contribution in [3.8, 4) is 0 Å². The van der Waals surface area contributed by atoms with Crippen molar-refractivity contribution in [2.24, 2.45) is 35.5 Å². The third-order valence-corrected chi connectivity index (χ3v) is 15.7. The number of carbonyl (C=O) groups excluding carboxylic acids is 11. The van der Waals surface area contributed by atoms with E-state index in [2.05, 4.69) is 26.6 Å². The molecule has 24 nitrogen and oxygen atoms in total. The van der Waals surface area contributed by atoms with Gasteiger partial charge in [0.25, 0.3) is 0 Å². The van der Waals surface area contributed by atoms with Crippen LogP contribution in [0, 0.1) is 35.5 Å². The Balaban J connectivity index is 4.28. The van der Waals surface area contributed by atoms with Gasteiger partial charge in [-0.05, 0) is 109 Å². The molecule has 7 N–H and O–H groups in total. The van der Waals surface area contributed by atoms with Gasteiger partial charge in [0, 0.05) is 42.3 Å². The van der Waals surface area contributed by atoms with Crippen molar-refractivity contribution >= 4 is 65.0 Å². The van der Waals surface area contributed by atoms with Crippen molar-refractivity contribution in [1.82, 2.24) is 56.0 Å². The van der Waals surface area contributed by atoms with E-state index in [-0.39, 0.29) is 55.8 Å². The first-order valence-electron chi connectivity index (χ1n) is 29.8. The van der Waals surface area contributed by atoms with Crippen molar-refractivity contribution in [1.29, 1.82) is 0 Å². The van der Waals surface area contributed by atoms with Gasteiger partial charge in [0.05, 0.1) is 12.2 Å². The Bertz CT molecular complexity index is 2310. The fourth-order valence-corrected chi connectivity index (χ4v) is 10.2. The van der Waals surface area contributed by atoms with Gasteiger partial charge >= 0.3 is 0 Å². The van der Waals surface area contributed by atoms with Crippen molar-refractivity contribution in [2.75, 3.05) is 42.3 Å². The summed E-state index contributed by atoms with van der Waals surface area (Å²) < 4.78 is 0. The second-order valence-electron chi connectivity index (χ2n) is 25.3. The van der Waals surface area contributed by atoms with Gasteiger partial charge < -0.3 is 66.2 Å². The van der Waals surface area contributed by atoms with Crippen molar-refractivity contribution in [3.63, 3.8) is 0 Å². The fraction of sp³-hybridized carbons (Fsp3) is 0.783. The molecule has 24 heteroatoms. The largest absolute Gasteiger partial charge is 0.391 e. The lowest BCUT2D eigenvalue weighted by Crippen LogP contribution is -2.64. The van der Waals surface area contributed by atoms with Gasteiger partial charge in [0.1, 0.15) is 66.5 Å². The maximum absolute atomic E-state index is 15.0. The molecule has 0 radical (unpaired) electrons. The number of hydrogen-bond donors (Lipinski definition) is 7. The molecule has 1 fully saturated rings. The molecule has 1 aliphatic heterocycles. The number of nitrogens with one attached hydrogen (secondary N) is 5. The quantitative estimate of drug-likeness (QED) is 0.122. The average molecular weight is 1190 g/mol. The molecule has 84 heavy (non-hydrogen) atoms. The molecule has 480 valence electrons. The number of carbonyl (C=O) groups is 11. The van der Waals surface area contributed by atoms with Gasteiger partial charge in [-0.15, -0.1) is 0 Å². The first-order chi connectivity index (χ1) is 38.7. The third-order valence-electron chi connectivity index (χ3n) is 15.7. The van der Waals surface area contributed by atoms with Crippen LogP contribution in [-0.2, 0) is 52.7 Å². The van der Waals surface area contributed by atoms with Gasteiger partial charge in [-0.25, -0.2) is 0 Å². The molecule has 0 aliphatic carbocycles. The molecule has 0 aromatic rings. The monoisotopic (exact) mass is 1190 g/mol. The number of allylic oxidation sites excluding steroid dienone is 2. The molecule has 0 unspecified atom stereocenters. The van der Waals surface area contributed by atoms with Gasteiger partial charge in [-0.2, -0.15) is 0 Å². The van der Waals surface area contributed by atoms with Crippen LogP contribution in [-0.4, -0.2) is 226 Å². The predicted molar refractivity (Wildman–Crippen MR) is 321 cm³/mol. The maximum Gasteiger partial charge on any atom is 0.248 e. The molecular formula is C60H107N11O13. The van der Waals surface area contributed by atoms with E-state index >= 15 is 4.79 Å². The molecule has 1 rings (SSSR count). The Morgan fingerprint density at radius 1 is 0.417 bits per heavy atom. The van der Waals surface area contributed by atoms with E-state index in [1.165, 1.54) is 91.6 Å². The Morgan fingerprint density at radius 2 is 0.821 bits per heavy atom. The summed E-state index contributed by atoms with van der Waals surface area (Å²) >= 11 is 0. The van der Waals surface area contributed by atoms with Gasteiger partial charge in [0.15, 0.2) is 0 Å². The zero-order valence-corrected chi connectivity index (χ0v) is 54.7. The summed E-state index contributed by atoms with van der Waals surface area (Å²) in [4.78, 5) is 165. The summed E-state index contributed by atoms with van der Waals surface area (Å²) in [6.07, 6.45) is 1.06. The summed E-state index contributed by atoms with van der Waals surface area (Å²) in [5.74, 6) is -10.3. The van der Waals surface area contributed by atoms with Crippen LogP contribution in [0.1, 0.15) is 150 Å². The van der Waals surface area contributed by atoms with Crippen molar-refractivity contribution in [2.45, 2.75) is 228 Å². The van der Waals surface area contributed by atoms with Gasteiger partial charge in [-0.1, -0.05) is 88.3 Å². The van der Waals surface area contributed by atoms with Crippen LogP contribution in [0.4, 0.5) is 0 Å². The van der Waals surface area contributed by atoms with Crippen LogP contribution in [0.25, 0.3) is 0 Å². The number of amides is 11. The van der Waals surface area contributed by atoms with Crippen molar-refractivity contribution in [3.05, 3.63) is 12.2 Å². The van der Waals surface area contributed by atoms with E-state index in [1.807, 2.05) is 55.4 Å². The molecule has 14 atom stereocenters. The van der Waals surface area contributed by atoms with Crippen LogP contribution < -0.4 is 26.6 Å². The Morgan fingerprint density at radius 3 is 1.26 bits per heavy atom. The third kappa shape index (κ3) is 21.1. The highest BCUT2D eigenvalue weighted by atomic mass is 16.3. The number of aliphatic hydroxyl groups is 2. The molecule has 0 aromatic carbocycles. The lowest BCUT2D eigenvalue weighted by atomic mass is 9.91. The highest BCUT2D eigenvalue weighted by molar-refractivity contribution is 6.00. The minimum absolute atomic E-state index is 0.0936. The van der Waals surface area contributed by atoms with Gasteiger partial charge in [-0.3, -0.25) is 52.7 Å². The molecule has 0 spiro atoms. The summed E-state index contributed by atoms with van der Waals surface area (Å²) in [5, 5.41) is 36.7.